The Morgan fingerprint density at radius 3 is 2.38 bits per heavy atom. The van der Waals surface area contributed by atoms with E-state index in [1.54, 1.807) is 12.1 Å². The quantitative estimate of drug-likeness (QED) is 0.316. The molecule has 0 bridgehead atoms. The summed E-state index contributed by atoms with van der Waals surface area (Å²) in [7, 11) is 0. The molecule has 0 aromatic heterocycles. The molecule has 1 heterocycles. The van der Waals surface area contributed by atoms with Crippen LogP contribution in [0.3, 0.4) is 0 Å². The van der Waals surface area contributed by atoms with E-state index in [9.17, 15) is 14.4 Å². The highest BCUT2D eigenvalue weighted by molar-refractivity contribution is 6.46. The summed E-state index contributed by atoms with van der Waals surface area (Å²) in [4.78, 5) is 45.2. The molecule has 1 fully saturated rings. The van der Waals surface area contributed by atoms with Crippen LogP contribution in [0.1, 0.15) is 114 Å². The molecule has 8 heteroatoms. The first-order valence-electron chi connectivity index (χ1n) is 15.2. The summed E-state index contributed by atoms with van der Waals surface area (Å²) < 4.78 is 5.93. The minimum absolute atomic E-state index is 0.0201. The van der Waals surface area contributed by atoms with Gasteiger partial charge in [-0.3, -0.25) is 19.4 Å². The molecular weight excluding hydrogens is 530 g/mol. The third-order valence-electron chi connectivity index (χ3n) is 7.98. The molecule has 1 aliphatic heterocycles. The van der Waals surface area contributed by atoms with E-state index in [2.05, 4.69) is 26.1 Å². The van der Waals surface area contributed by atoms with Gasteiger partial charge in [-0.05, 0) is 87.6 Å². The second kappa shape index (κ2) is 13.1. The van der Waals surface area contributed by atoms with Gasteiger partial charge in [-0.25, -0.2) is 0 Å². The molecule has 0 radical (unpaired) electrons. The Morgan fingerprint density at radius 2 is 1.76 bits per heavy atom. The number of carbonyl (C=O) groups is 3. The van der Waals surface area contributed by atoms with Crippen molar-refractivity contribution in [3.8, 4) is 5.75 Å². The molecule has 2 aromatic rings. The number of aliphatic imine (C=N–C) groups is 1. The van der Waals surface area contributed by atoms with Crippen molar-refractivity contribution in [3.05, 3.63) is 65.2 Å². The molecule has 226 valence electrons. The van der Waals surface area contributed by atoms with Crippen LogP contribution in [0.25, 0.3) is 0 Å². The van der Waals surface area contributed by atoms with Crippen LogP contribution >= 0.6 is 0 Å². The topological polar surface area (TPSA) is 108 Å². The Bertz CT molecular complexity index is 1300. The van der Waals surface area contributed by atoms with Crippen LogP contribution in [0.2, 0.25) is 0 Å². The van der Waals surface area contributed by atoms with Gasteiger partial charge in [0.15, 0.2) is 0 Å². The van der Waals surface area contributed by atoms with E-state index in [1.165, 1.54) is 0 Å². The average Bonchev–Trinajstić information content (AvgIpc) is 3.19. The SMILES string of the molecule is CC(C)Oc1cccc(C2=NC3(CCCCC3)N([C@H](CCC(C)(C)C)c3ccc(C(=O)NCCC(=O)O)cc3)C2=O)c1. The van der Waals surface area contributed by atoms with Gasteiger partial charge in [0.1, 0.15) is 17.1 Å². The van der Waals surface area contributed by atoms with Crippen LogP contribution in [0, 0.1) is 5.41 Å². The van der Waals surface area contributed by atoms with Gasteiger partial charge in [-0.2, -0.15) is 0 Å². The van der Waals surface area contributed by atoms with Gasteiger partial charge in [-0.1, -0.05) is 51.5 Å². The summed E-state index contributed by atoms with van der Waals surface area (Å²) >= 11 is 0. The lowest BCUT2D eigenvalue weighted by atomic mass is 9.83. The van der Waals surface area contributed by atoms with Crippen molar-refractivity contribution >= 4 is 23.5 Å². The predicted octanol–water partition coefficient (Wildman–Crippen LogP) is 6.54. The lowest BCUT2D eigenvalue weighted by Gasteiger charge is -2.44. The molecule has 2 aliphatic rings. The maximum Gasteiger partial charge on any atom is 0.305 e. The van der Waals surface area contributed by atoms with Crippen molar-refractivity contribution in [2.45, 2.75) is 104 Å². The summed E-state index contributed by atoms with van der Waals surface area (Å²) in [5, 5.41) is 11.5. The van der Waals surface area contributed by atoms with E-state index >= 15 is 0 Å². The summed E-state index contributed by atoms with van der Waals surface area (Å²) in [6.07, 6.45) is 6.35. The van der Waals surface area contributed by atoms with Gasteiger partial charge < -0.3 is 20.1 Å². The number of benzene rings is 2. The zero-order valence-corrected chi connectivity index (χ0v) is 25.6. The van der Waals surface area contributed by atoms with E-state index in [4.69, 9.17) is 14.8 Å². The predicted molar refractivity (Wildman–Crippen MR) is 164 cm³/mol. The Labute approximate surface area is 249 Å². The van der Waals surface area contributed by atoms with Crippen molar-refractivity contribution in [3.63, 3.8) is 0 Å². The Balaban J connectivity index is 1.69. The van der Waals surface area contributed by atoms with E-state index in [-0.39, 0.29) is 42.3 Å². The molecule has 0 unspecified atom stereocenters. The number of hydrogen-bond donors (Lipinski definition) is 2. The standard InChI is InChI=1S/C34H45N3O5/c1-23(2)42-27-11-9-10-26(22-27)30-32(41)37(34(36-30)18-7-6-8-19-34)28(16-20-33(3,4)5)24-12-14-25(15-13-24)31(40)35-21-17-29(38)39/h9-15,22-23,28H,6-8,16-21H2,1-5H3,(H,35,40)(H,38,39)/t28-/m1/s1. The summed E-state index contributed by atoms with van der Waals surface area (Å²) in [6, 6.07) is 14.8. The van der Waals surface area contributed by atoms with Gasteiger partial charge in [0.05, 0.1) is 18.6 Å². The normalized spacial score (nSPS) is 17.3. The molecule has 42 heavy (non-hydrogen) atoms. The highest BCUT2D eigenvalue weighted by atomic mass is 16.5. The third-order valence-corrected chi connectivity index (χ3v) is 7.98. The van der Waals surface area contributed by atoms with Crippen LogP contribution < -0.4 is 10.1 Å². The largest absolute Gasteiger partial charge is 0.491 e. The number of amides is 2. The highest BCUT2D eigenvalue weighted by Crippen LogP contribution is 2.46. The molecule has 2 N–H and O–H groups in total. The monoisotopic (exact) mass is 575 g/mol. The van der Waals surface area contributed by atoms with Crippen molar-refractivity contribution in [1.82, 2.24) is 10.2 Å². The average molecular weight is 576 g/mol. The Morgan fingerprint density at radius 1 is 1.07 bits per heavy atom. The molecule has 1 aliphatic carbocycles. The number of nitrogens with one attached hydrogen (secondary N) is 1. The maximum absolute atomic E-state index is 14.4. The molecule has 8 nitrogen and oxygen atoms in total. The molecule has 1 spiro atoms. The van der Waals surface area contributed by atoms with E-state index < -0.39 is 11.6 Å². The first-order valence-corrected chi connectivity index (χ1v) is 15.2. The van der Waals surface area contributed by atoms with E-state index in [0.29, 0.717) is 11.3 Å². The molecule has 1 saturated carbocycles. The number of aliphatic carboxylic acids is 1. The van der Waals surface area contributed by atoms with Gasteiger partial charge in [-0.15, -0.1) is 0 Å². The zero-order valence-electron chi connectivity index (χ0n) is 25.6. The Kier molecular flexibility index (Phi) is 9.74. The smallest absolute Gasteiger partial charge is 0.305 e. The van der Waals surface area contributed by atoms with E-state index in [1.807, 2.05) is 55.1 Å². The minimum Gasteiger partial charge on any atom is -0.491 e. The fourth-order valence-electron chi connectivity index (χ4n) is 5.95. The van der Waals surface area contributed by atoms with Crippen LogP contribution in [-0.2, 0) is 9.59 Å². The lowest BCUT2D eigenvalue weighted by Crippen LogP contribution is -2.50. The summed E-state index contributed by atoms with van der Waals surface area (Å²) in [5.41, 5.74) is 2.15. The van der Waals surface area contributed by atoms with Crippen molar-refractivity contribution in [2.75, 3.05) is 6.54 Å². The lowest BCUT2D eigenvalue weighted by molar-refractivity contribution is -0.137. The fraction of sp³-hybridized carbons (Fsp3) is 0.529. The van der Waals surface area contributed by atoms with Crippen molar-refractivity contribution in [2.24, 2.45) is 10.4 Å². The first kappa shape index (κ1) is 31.3. The maximum atomic E-state index is 14.4. The van der Waals surface area contributed by atoms with Crippen LogP contribution in [0.5, 0.6) is 5.75 Å². The molecular formula is C34H45N3O5. The van der Waals surface area contributed by atoms with Crippen molar-refractivity contribution < 1.29 is 24.2 Å². The van der Waals surface area contributed by atoms with Gasteiger partial charge >= 0.3 is 5.97 Å². The van der Waals surface area contributed by atoms with Crippen LogP contribution in [0.4, 0.5) is 0 Å². The minimum atomic E-state index is -0.958. The van der Waals surface area contributed by atoms with E-state index in [0.717, 1.165) is 61.8 Å². The zero-order chi connectivity index (χ0) is 30.5. The molecule has 2 aromatic carbocycles. The second-order valence-electron chi connectivity index (χ2n) is 13.0. The summed E-state index contributed by atoms with van der Waals surface area (Å²) in [5.74, 6) is -0.618. The molecule has 4 rings (SSSR count). The number of rotatable bonds is 11. The molecule has 2 amide bonds. The van der Waals surface area contributed by atoms with Crippen molar-refractivity contribution in [1.29, 1.82) is 0 Å². The number of carboxylic acids is 1. The first-order chi connectivity index (χ1) is 19.9. The van der Waals surface area contributed by atoms with Gasteiger partial charge in [0.25, 0.3) is 11.8 Å². The third kappa shape index (κ3) is 7.58. The van der Waals surface area contributed by atoms with Gasteiger partial charge in [0.2, 0.25) is 0 Å². The Hall–Kier alpha value is -3.68. The van der Waals surface area contributed by atoms with Crippen LogP contribution in [0.15, 0.2) is 53.5 Å². The number of nitrogens with zero attached hydrogens (tertiary/aromatic N) is 2. The summed E-state index contributed by atoms with van der Waals surface area (Å²) in [6.45, 7) is 10.7. The number of carbonyl (C=O) groups excluding carboxylic acids is 2. The van der Waals surface area contributed by atoms with Crippen LogP contribution in [-0.4, -0.2) is 51.8 Å². The number of hydrogen-bond acceptors (Lipinski definition) is 5. The number of ether oxygens (including phenoxy) is 1. The fourth-order valence-corrected chi connectivity index (χ4v) is 5.95. The molecule has 0 saturated heterocycles. The molecule has 1 atom stereocenters. The second-order valence-corrected chi connectivity index (χ2v) is 13.0. The highest BCUT2D eigenvalue weighted by Gasteiger charge is 2.50. The number of carboxylic acid groups (broad SMARTS) is 1. The van der Waals surface area contributed by atoms with Gasteiger partial charge in [0, 0.05) is 17.7 Å².